The first-order valence-corrected chi connectivity index (χ1v) is 14.8. The van der Waals surface area contributed by atoms with Crippen molar-refractivity contribution in [1.82, 2.24) is 0 Å². The maximum atomic E-state index is 11.0. The summed E-state index contributed by atoms with van der Waals surface area (Å²) in [6.07, 6.45) is 27.4. The van der Waals surface area contributed by atoms with Crippen molar-refractivity contribution in [3.05, 3.63) is 38.5 Å². The van der Waals surface area contributed by atoms with E-state index in [4.69, 9.17) is 0 Å². The lowest BCUT2D eigenvalue weighted by Gasteiger charge is -2.01. The van der Waals surface area contributed by atoms with Crippen molar-refractivity contribution >= 4 is 17.9 Å². The van der Waals surface area contributed by atoms with Crippen LogP contribution in [0.3, 0.4) is 0 Å². The van der Waals surface area contributed by atoms with Gasteiger partial charge in [0.2, 0.25) is 0 Å². The molecule has 0 fully saturated rings. The lowest BCUT2D eigenvalue weighted by Crippen LogP contribution is -1.98. The highest BCUT2D eigenvalue weighted by molar-refractivity contribution is 5.70. The summed E-state index contributed by atoms with van der Waals surface area (Å²) in [5.41, 5.74) is 0. The largest absolute Gasteiger partial charge is 0.435 e. The number of esters is 3. The van der Waals surface area contributed by atoms with Crippen LogP contribution >= 0.6 is 0 Å². The summed E-state index contributed by atoms with van der Waals surface area (Å²) in [6.45, 7) is 15.7. The number of hydrogen-bond acceptors (Lipinski definition) is 6. The van der Waals surface area contributed by atoms with Gasteiger partial charge in [0, 0.05) is 19.8 Å². The van der Waals surface area contributed by atoms with E-state index in [0.717, 1.165) is 31.9 Å². The highest BCUT2D eigenvalue weighted by Crippen LogP contribution is 2.11. The van der Waals surface area contributed by atoms with Crippen LogP contribution in [-0.4, -0.2) is 17.9 Å². The fourth-order valence-corrected chi connectivity index (χ4v) is 3.58. The van der Waals surface area contributed by atoms with E-state index in [2.05, 4.69) is 47.8 Å². The molecule has 0 heterocycles. The molecule has 0 aromatic heterocycles. The zero-order chi connectivity index (χ0) is 29.1. The van der Waals surface area contributed by atoms with E-state index in [-0.39, 0.29) is 17.9 Å². The molecule has 6 heteroatoms. The third-order valence-corrected chi connectivity index (χ3v) is 5.65. The maximum Gasteiger partial charge on any atom is 0.310 e. The van der Waals surface area contributed by atoms with Crippen LogP contribution in [-0.2, 0) is 28.6 Å². The van der Waals surface area contributed by atoms with Crippen molar-refractivity contribution < 1.29 is 28.6 Å². The van der Waals surface area contributed by atoms with Crippen molar-refractivity contribution in [3.8, 4) is 0 Å². The summed E-state index contributed by atoms with van der Waals surface area (Å²) in [5.74, 6) is -0.638. The van der Waals surface area contributed by atoms with Crippen LogP contribution in [0.25, 0.3) is 0 Å². The summed E-state index contributed by atoms with van der Waals surface area (Å²) in [5, 5.41) is 0. The average Bonchev–Trinajstić information content (AvgIpc) is 2.88. The van der Waals surface area contributed by atoms with Crippen molar-refractivity contribution in [2.45, 2.75) is 149 Å². The zero-order valence-electron chi connectivity index (χ0n) is 24.9. The van der Waals surface area contributed by atoms with E-state index >= 15 is 0 Å². The molecule has 6 nitrogen and oxygen atoms in total. The van der Waals surface area contributed by atoms with Gasteiger partial charge in [0.1, 0.15) is 0 Å². The first-order chi connectivity index (χ1) is 18.4. The Labute approximate surface area is 234 Å². The van der Waals surface area contributed by atoms with Crippen LogP contribution in [0.5, 0.6) is 0 Å². The monoisotopic (exact) mass is 538 g/mol. The van der Waals surface area contributed by atoms with Crippen molar-refractivity contribution in [2.24, 2.45) is 0 Å². The molecule has 0 bridgehead atoms. The Balaban J connectivity index is -0.000000532. The van der Waals surface area contributed by atoms with Gasteiger partial charge in [-0.15, -0.1) is 0 Å². The molecule has 0 radical (unpaired) electrons. The SMILES string of the molecule is C=COC(=O)CCCCCCCCCCC.C=COC(=O)CCCCCCCCCCC.C=COC(C)=O. The quantitative estimate of drug-likeness (QED) is 0.0557. The van der Waals surface area contributed by atoms with Gasteiger partial charge in [-0.05, 0) is 12.8 Å². The van der Waals surface area contributed by atoms with E-state index < -0.39 is 0 Å². The molecule has 38 heavy (non-hydrogen) atoms. The van der Waals surface area contributed by atoms with E-state index in [9.17, 15) is 14.4 Å². The minimum atomic E-state index is -0.329. The molecule has 0 aromatic carbocycles. The van der Waals surface area contributed by atoms with Crippen LogP contribution in [0.1, 0.15) is 149 Å². The number of ether oxygens (including phenoxy) is 3. The predicted molar refractivity (Wildman–Crippen MR) is 158 cm³/mol. The highest BCUT2D eigenvalue weighted by atomic mass is 16.5. The third-order valence-electron chi connectivity index (χ3n) is 5.65. The molecule has 0 rings (SSSR count). The van der Waals surface area contributed by atoms with Crippen LogP contribution in [0.15, 0.2) is 38.5 Å². The molecule has 0 spiro atoms. The van der Waals surface area contributed by atoms with Gasteiger partial charge in [0.15, 0.2) is 0 Å². The topological polar surface area (TPSA) is 78.9 Å². The highest BCUT2D eigenvalue weighted by Gasteiger charge is 2.00. The molecule has 0 aliphatic carbocycles. The Kier molecular flexibility index (Phi) is 38.8. The summed E-state index contributed by atoms with van der Waals surface area (Å²) < 4.78 is 13.4. The van der Waals surface area contributed by atoms with Gasteiger partial charge in [-0.1, -0.05) is 136 Å². The molecule has 0 N–H and O–H groups in total. The second kappa shape index (κ2) is 36.8. The van der Waals surface area contributed by atoms with Gasteiger partial charge < -0.3 is 14.2 Å². The summed E-state index contributed by atoms with van der Waals surface area (Å²) >= 11 is 0. The predicted octanol–water partition coefficient (Wildman–Crippen LogP) is 9.88. The first kappa shape index (κ1) is 40.1. The summed E-state index contributed by atoms with van der Waals surface area (Å²) in [6, 6.07) is 0. The second-order valence-electron chi connectivity index (χ2n) is 9.25. The normalized spacial score (nSPS) is 9.55. The minimum absolute atomic E-state index is 0.155. The van der Waals surface area contributed by atoms with Gasteiger partial charge in [-0.25, -0.2) is 0 Å². The second-order valence-corrected chi connectivity index (χ2v) is 9.25. The van der Waals surface area contributed by atoms with Gasteiger partial charge >= 0.3 is 17.9 Å². The molecule has 0 saturated carbocycles. The van der Waals surface area contributed by atoms with E-state index in [0.29, 0.717) is 12.8 Å². The van der Waals surface area contributed by atoms with E-state index in [1.54, 1.807) is 0 Å². The third kappa shape index (κ3) is 43.7. The molecule has 0 aliphatic heterocycles. The van der Waals surface area contributed by atoms with Crippen LogP contribution in [0.2, 0.25) is 0 Å². The Morgan fingerprint density at radius 1 is 0.474 bits per heavy atom. The van der Waals surface area contributed by atoms with Crippen molar-refractivity contribution in [1.29, 1.82) is 0 Å². The van der Waals surface area contributed by atoms with Gasteiger partial charge in [-0.3, -0.25) is 14.4 Å². The Bertz CT molecular complexity index is 530. The number of rotatable bonds is 23. The minimum Gasteiger partial charge on any atom is -0.435 e. The molecular weight excluding hydrogens is 480 g/mol. The number of carbonyl (C=O) groups excluding carboxylic acids is 3. The number of carbonyl (C=O) groups is 3. The van der Waals surface area contributed by atoms with Crippen molar-refractivity contribution in [2.75, 3.05) is 0 Å². The summed E-state index contributed by atoms with van der Waals surface area (Å²) in [7, 11) is 0. The average molecular weight is 539 g/mol. The van der Waals surface area contributed by atoms with Gasteiger partial charge in [0.05, 0.1) is 18.8 Å². The Morgan fingerprint density at radius 2 is 0.737 bits per heavy atom. The fraction of sp³-hybridized carbons (Fsp3) is 0.719. The smallest absolute Gasteiger partial charge is 0.310 e. The number of unbranched alkanes of at least 4 members (excludes halogenated alkanes) is 16. The molecule has 222 valence electrons. The van der Waals surface area contributed by atoms with Crippen LogP contribution in [0.4, 0.5) is 0 Å². The Morgan fingerprint density at radius 3 is 0.947 bits per heavy atom. The van der Waals surface area contributed by atoms with Crippen LogP contribution in [0, 0.1) is 0 Å². The molecule has 0 aliphatic rings. The fourth-order valence-electron chi connectivity index (χ4n) is 3.58. The lowest BCUT2D eigenvalue weighted by atomic mass is 10.1. The molecule has 0 amide bonds. The maximum absolute atomic E-state index is 11.0. The zero-order valence-corrected chi connectivity index (χ0v) is 24.9. The van der Waals surface area contributed by atoms with E-state index in [1.807, 2.05) is 0 Å². The first-order valence-electron chi connectivity index (χ1n) is 14.8. The Hall–Kier alpha value is -2.37. The molecule has 0 aromatic rings. The summed E-state index contributed by atoms with van der Waals surface area (Å²) in [4.78, 5) is 31.7. The molecular formula is C32H58O6. The molecule has 0 saturated heterocycles. The van der Waals surface area contributed by atoms with Crippen molar-refractivity contribution in [3.63, 3.8) is 0 Å². The standard InChI is InChI=1S/2C14H26O2.C4H6O2/c2*1-3-5-6-7-8-9-10-11-12-13-14(15)16-4-2;1-3-6-4(2)5/h2*4H,2-3,5-13H2,1H3;3H,1H2,2H3. The molecule has 0 atom stereocenters. The van der Waals surface area contributed by atoms with E-state index in [1.165, 1.54) is 109 Å². The van der Waals surface area contributed by atoms with Gasteiger partial charge in [-0.2, -0.15) is 0 Å². The van der Waals surface area contributed by atoms with Gasteiger partial charge in [0.25, 0.3) is 0 Å². The number of hydrogen-bond donors (Lipinski definition) is 0. The van der Waals surface area contributed by atoms with Crippen LogP contribution < -0.4 is 0 Å². The lowest BCUT2D eigenvalue weighted by molar-refractivity contribution is -0.139. The molecule has 0 unspecified atom stereocenters.